The summed E-state index contributed by atoms with van der Waals surface area (Å²) in [5.74, 6) is -0.136. The molecule has 0 saturated carbocycles. The van der Waals surface area contributed by atoms with Gasteiger partial charge in [0.2, 0.25) is 12.1 Å². The van der Waals surface area contributed by atoms with Crippen LogP contribution in [0, 0.1) is 0 Å². The number of benzene rings is 2. The molecule has 0 aliphatic rings. The van der Waals surface area contributed by atoms with Crippen LogP contribution in [-0.2, 0) is 0 Å². The second kappa shape index (κ2) is 10.3. The van der Waals surface area contributed by atoms with E-state index < -0.39 is 0 Å². The molecule has 140 valence electrons. The number of nitrogens with two attached hydrogens (primary N) is 1. The van der Waals surface area contributed by atoms with E-state index in [0.717, 1.165) is 0 Å². The van der Waals surface area contributed by atoms with Crippen LogP contribution in [0.2, 0.25) is 15.1 Å². The average molecular weight is 425 g/mol. The normalized spacial score (nSPS) is 11.7. The van der Waals surface area contributed by atoms with Gasteiger partial charge in [-0.15, -0.1) is 0 Å². The summed E-state index contributed by atoms with van der Waals surface area (Å²) in [5, 5.41) is 1.30. The molecule has 0 unspecified atom stereocenters. The molecule has 0 aliphatic carbocycles. The molecule has 0 atom stereocenters. The smallest absolute Gasteiger partial charge is 0.234 e. The Morgan fingerprint density at radius 1 is 0.926 bits per heavy atom. The largest absolute Gasteiger partial charge is 0.294 e. The highest BCUT2D eigenvalue weighted by atomic mass is 35.5. The van der Waals surface area contributed by atoms with Crippen LogP contribution in [-0.4, -0.2) is 29.0 Å². The molecule has 0 fully saturated rings. The van der Waals surface area contributed by atoms with Crippen LogP contribution in [0.5, 0.6) is 0 Å². The minimum atomic E-state index is -0.155. The third kappa shape index (κ3) is 6.51. The summed E-state index contributed by atoms with van der Waals surface area (Å²) in [6, 6.07) is 11.5. The molecule has 0 saturated heterocycles. The number of hydrogen-bond donors (Lipinski definition) is 1. The van der Waals surface area contributed by atoms with Crippen molar-refractivity contribution in [2.75, 3.05) is 6.54 Å². The van der Waals surface area contributed by atoms with Crippen molar-refractivity contribution in [3.8, 4) is 0 Å². The van der Waals surface area contributed by atoms with Crippen molar-refractivity contribution in [3.05, 3.63) is 80.9 Å². The van der Waals surface area contributed by atoms with E-state index in [1.807, 2.05) is 0 Å². The van der Waals surface area contributed by atoms with E-state index in [1.165, 1.54) is 17.0 Å². The Balaban J connectivity index is 1.88. The van der Waals surface area contributed by atoms with E-state index in [-0.39, 0.29) is 18.1 Å². The van der Waals surface area contributed by atoms with Crippen LogP contribution in [0.3, 0.4) is 0 Å². The van der Waals surface area contributed by atoms with Crippen molar-refractivity contribution in [2.24, 2.45) is 5.73 Å². The fraction of sp³-hybridized carbons (Fsp3) is 0.150. The van der Waals surface area contributed by atoms with Gasteiger partial charge in [0, 0.05) is 22.6 Å². The second-order valence-corrected chi connectivity index (χ2v) is 6.98. The van der Waals surface area contributed by atoms with Gasteiger partial charge in [0.25, 0.3) is 0 Å². The Bertz CT molecular complexity index is 891. The summed E-state index contributed by atoms with van der Waals surface area (Å²) in [6.07, 6.45) is 5.63. The number of carbonyl (C=O) groups is 2. The Labute approximate surface area is 172 Å². The molecular weight excluding hydrogens is 407 g/mol. The van der Waals surface area contributed by atoms with Gasteiger partial charge >= 0.3 is 0 Å². The Kier molecular flexibility index (Phi) is 8.04. The van der Waals surface area contributed by atoms with Crippen LogP contribution in [0.4, 0.5) is 0 Å². The highest BCUT2D eigenvalue weighted by Crippen LogP contribution is 2.22. The molecule has 27 heavy (non-hydrogen) atoms. The highest BCUT2D eigenvalue weighted by molar-refractivity contribution is 6.42. The standard InChI is InChI=1S/C20H17Cl3N2O2/c21-16-7-4-14(5-8-16)19(26)3-1-2-10-25(13-24)12-20(27)15-6-9-17(22)18(23)11-15/h2,4-11,13,24H,1,3,12H2/p+1/b10-2-. The number of halogens is 3. The van der Waals surface area contributed by atoms with Gasteiger partial charge in [0.1, 0.15) is 0 Å². The second-order valence-electron chi connectivity index (χ2n) is 5.73. The summed E-state index contributed by atoms with van der Waals surface area (Å²) >= 11 is 17.6. The number of carbonyl (C=O) groups excluding carboxylic acids is 2. The summed E-state index contributed by atoms with van der Waals surface area (Å²) in [6.45, 7) is 0.0517. The molecule has 0 spiro atoms. The zero-order chi connectivity index (χ0) is 19.8. The maximum atomic E-state index is 12.3. The molecule has 4 nitrogen and oxygen atoms in total. The molecular formula is C20H18Cl3N2O2+. The van der Waals surface area contributed by atoms with E-state index in [2.05, 4.69) is 0 Å². The topological polar surface area (TPSA) is 63.2 Å². The molecule has 7 heteroatoms. The van der Waals surface area contributed by atoms with Gasteiger partial charge in [-0.3, -0.25) is 15.3 Å². The average Bonchev–Trinajstić information content (AvgIpc) is 2.66. The Morgan fingerprint density at radius 2 is 1.59 bits per heavy atom. The number of nitrogens with zero attached hydrogens (tertiary/aromatic N) is 1. The number of Topliss-reactive ketones (excluding diaryl/α,β-unsaturated/α-hetero) is 2. The van der Waals surface area contributed by atoms with Gasteiger partial charge in [0.15, 0.2) is 12.3 Å². The molecule has 2 rings (SSSR count). The predicted octanol–water partition coefficient (Wildman–Crippen LogP) is 5.01. The molecule has 0 aliphatic heterocycles. The quantitative estimate of drug-likeness (QED) is 0.280. The Morgan fingerprint density at radius 3 is 2.22 bits per heavy atom. The van der Waals surface area contributed by atoms with Crippen LogP contribution in [0.1, 0.15) is 33.6 Å². The van der Waals surface area contributed by atoms with Crippen LogP contribution in [0.25, 0.3) is 0 Å². The number of allylic oxidation sites excluding steroid dienone is 1. The molecule has 0 amide bonds. The highest BCUT2D eigenvalue weighted by Gasteiger charge is 2.11. The molecule has 0 aromatic heterocycles. The third-order valence-corrected chi connectivity index (χ3v) is 4.75. The summed E-state index contributed by atoms with van der Waals surface area (Å²) in [7, 11) is 0. The zero-order valence-corrected chi connectivity index (χ0v) is 16.6. The first-order valence-electron chi connectivity index (χ1n) is 8.15. The lowest BCUT2D eigenvalue weighted by molar-refractivity contribution is -0.438. The molecule has 2 N–H and O–H groups in total. The van der Waals surface area contributed by atoms with Crippen molar-refractivity contribution in [2.45, 2.75) is 12.8 Å². The number of hydrogen-bond acceptors (Lipinski definition) is 2. The number of rotatable bonds is 8. The lowest BCUT2D eigenvalue weighted by atomic mass is 10.1. The lowest BCUT2D eigenvalue weighted by Crippen LogP contribution is -2.20. The van der Waals surface area contributed by atoms with Crippen molar-refractivity contribution in [1.29, 1.82) is 0 Å². The van der Waals surface area contributed by atoms with Crippen molar-refractivity contribution >= 4 is 52.7 Å². The van der Waals surface area contributed by atoms with Gasteiger partial charge in [-0.2, -0.15) is 0 Å². The monoisotopic (exact) mass is 423 g/mol. The van der Waals surface area contributed by atoms with E-state index in [1.54, 1.807) is 48.7 Å². The molecule has 2 aromatic rings. The first-order chi connectivity index (χ1) is 12.9. The minimum Gasteiger partial charge on any atom is -0.294 e. The lowest BCUT2D eigenvalue weighted by Gasteiger charge is -2.03. The maximum absolute atomic E-state index is 12.3. The van der Waals surface area contributed by atoms with Crippen LogP contribution < -0.4 is 5.73 Å². The van der Waals surface area contributed by atoms with E-state index >= 15 is 0 Å². The first kappa shape index (κ1) is 21.2. The molecule has 0 radical (unpaired) electrons. The summed E-state index contributed by atoms with van der Waals surface area (Å²) in [4.78, 5) is 24.4. The number of ketones is 2. The van der Waals surface area contributed by atoms with E-state index in [4.69, 9.17) is 40.5 Å². The van der Waals surface area contributed by atoms with Gasteiger partial charge < -0.3 is 0 Å². The maximum Gasteiger partial charge on any atom is 0.234 e. The Hall–Kier alpha value is -2.14. The predicted molar refractivity (Wildman–Crippen MR) is 110 cm³/mol. The summed E-state index contributed by atoms with van der Waals surface area (Å²) in [5.41, 5.74) is 6.63. The molecule has 0 heterocycles. The third-order valence-electron chi connectivity index (χ3n) is 3.76. The fourth-order valence-corrected chi connectivity index (χ4v) is 2.71. The van der Waals surface area contributed by atoms with E-state index in [9.17, 15) is 9.59 Å². The van der Waals surface area contributed by atoms with Gasteiger partial charge in [-0.25, -0.2) is 4.58 Å². The van der Waals surface area contributed by atoms with Crippen LogP contribution in [0.15, 0.2) is 54.7 Å². The van der Waals surface area contributed by atoms with Gasteiger partial charge in [-0.05, 0) is 55.0 Å². The first-order valence-corrected chi connectivity index (χ1v) is 9.28. The van der Waals surface area contributed by atoms with E-state index in [0.29, 0.717) is 39.0 Å². The summed E-state index contributed by atoms with van der Waals surface area (Å²) < 4.78 is 1.54. The molecule has 0 bridgehead atoms. The molecule has 2 aromatic carbocycles. The van der Waals surface area contributed by atoms with Crippen molar-refractivity contribution < 1.29 is 14.2 Å². The fourth-order valence-electron chi connectivity index (χ4n) is 2.29. The van der Waals surface area contributed by atoms with Crippen molar-refractivity contribution in [1.82, 2.24) is 0 Å². The van der Waals surface area contributed by atoms with Gasteiger partial charge in [0.05, 0.1) is 16.2 Å². The SMILES string of the molecule is NC=[N+](/C=C\CCC(=O)c1ccc(Cl)cc1)CC(=O)c1ccc(Cl)c(Cl)c1. The zero-order valence-electron chi connectivity index (χ0n) is 14.4. The minimum absolute atomic E-state index is 0.0199. The van der Waals surface area contributed by atoms with Crippen molar-refractivity contribution in [3.63, 3.8) is 0 Å². The van der Waals surface area contributed by atoms with Crippen LogP contribution >= 0.6 is 34.8 Å². The van der Waals surface area contributed by atoms with Gasteiger partial charge in [-0.1, -0.05) is 34.8 Å².